The van der Waals surface area contributed by atoms with Crippen molar-refractivity contribution in [3.8, 4) is 5.75 Å². The van der Waals surface area contributed by atoms with Crippen LogP contribution in [0.3, 0.4) is 0 Å². The van der Waals surface area contributed by atoms with Crippen LogP contribution in [0.15, 0.2) is 59.8 Å². The first kappa shape index (κ1) is 23.0. The van der Waals surface area contributed by atoms with Crippen molar-refractivity contribution in [3.63, 3.8) is 0 Å². The van der Waals surface area contributed by atoms with Gasteiger partial charge in [0.2, 0.25) is 0 Å². The van der Waals surface area contributed by atoms with Gasteiger partial charge in [0.25, 0.3) is 5.78 Å². The molecule has 4 aromatic rings. The molecule has 0 radical (unpaired) electrons. The van der Waals surface area contributed by atoms with Crippen molar-refractivity contribution in [2.24, 2.45) is 5.16 Å². The third-order valence-electron chi connectivity index (χ3n) is 6.02. The van der Waals surface area contributed by atoms with Crippen LogP contribution in [0.4, 0.5) is 0 Å². The van der Waals surface area contributed by atoms with Gasteiger partial charge < -0.3 is 18.9 Å². The largest absolute Gasteiger partial charge is 0.465 e. The van der Waals surface area contributed by atoms with E-state index < -0.39 is 17.7 Å². The second-order valence-electron chi connectivity index (χ2n) is 8.12. The average Bonchev–Trinajstić information content (AvgIpc) is 3.39. The molecule has 9 heteroatoms. The van der Waals surface area contributed by atoms with Gasteiger partial charge >= 0.3 is 17.8 Å². The van der Waals surface area contributed by atoms with Gasteiger partial charge in [-0.25, -0.2) is 9.59 Å². The topological polar surface area (TPSA) is 113 Å². The quantitative estimate of drug-likeness (QED) is 0.180. The highest BCUT2D eigenvalue weighted by molar-refractivity contribution is 6.47. The molecule has 1 aromatic heterocycles. The molecule has 0 bridgehead atoms. The lowest BCUT2D eigenvalue weighted by Gasteiger charge is -2.05. The molecule has 3 aromatic carbocycles. The maximum absolute atomic E-state index is 13.3. The summed E-state index contributed by atoms with van der Waals surface area (Å²) in [4.78, 5) is 53.5. The van der Waals surface area contributed by atoms with Gasteiger partial charge in [-0.15, -0.1) is 0 Å². The fourth-order valence-electron chi connectivity index (χ4n) is 4.39. The standard InChI is InChI=1S/C27H20N2O7/c1-4-29-20-11-9-17(23(31)15-5-7-16(8-6-15)27(33)34-3)13-19(20)22-21(29)12-10-18-24(32)26(35-25(18)22)28-36-14(2)30/h5-13H,4H2,1-3H3/b28-26-. The van der Waals surface area contributed by atoms with Gasteiger partial charge in [-0.05, 0) is 54.5 Å². The van der Waals surface area contributed by atoms with Crippen molar-refractivity contribution in [2.75, 3.05) is 7.11 Å². The molecule has 0 saturated heterocycles. The van der Waals surface area contributed by atoms with E-state index in [2.05, 4.69) is 14.6 Å². The molecule has 36 heavy (non-hydrogen) atoms. The number of ketones is 2. The molecular formula is C27H20N2O7. The summed E-state index contributed by atoms with van der Waals surface area (Å²) >= 11 is 0. The van der Waals surface area contributed by atoms with Crippen LogP contribution in [0, 0.1) is 0 Å². The first-order chi connectivity index (χ1) is 17.3. The highest BCUT2D eigenvalue weighted by Gasteiger charge is 2.33. The SMILES string of the molecule is CCn1c2ccc(C(=O)c3ccc(C(=O)OC)cc3)cc2c2c3c(ccc21)C(=O)/C(=N/OC(C)=O)O3. The zero-order valence-corrected chi connectivity index (χ0v) is 19.7. The predicted molar refractivity (Wildman–Crippen MR) is 130 cm³/mol. The van der Waals surface area contributed by atoms with Crippen LogP contribution < -0.4 is 4.74 Å². The minimum atomic E-state index is -0.676. The summed E-state index contributed by atoms with van der Waals surface area (Å²) in [6.07, 6.45) is 0. The molecular weight excluding hydrogens is 464 g/mol. The van der Waals surface area contributed by atoms with Crippen molar-refractivity contribution in [1.29, 1.82) is 0 Å². The van der Waals surface area contributed by atoms with Gasteiger partial charge in [0.15, 0.2) is 11.5 Å². The van der Waals surface area contributed by atoms with Crippen molar-refractivity contribution in [1.82, 2.24) is 4.57 Å². The minimum absolute atomic E-state index is 0.229. The summed E-state index contributed by atoms with van der Waals surface area (Å²) in [5, 5.41) is 4.92. The second kappa shape index (κ2) is 8.77. The molecule has 1 aliphatic rings. The Bertz CT molecular complexity index is 1630. The molecule has 0 saturated carbocycles. The third kappa shape index (κ3) is 3.61. The zero-order valence-electron chi connectivity index (χ0n) is 19.7. The summed E-state index contributed by atoms with van der Waals surface area (Å²) in [5.74, 6) is -1.92. The molecule has 0 N–H and O–H groups in total. The molecule has 1 aliphatic heterocycles. The summed E-state index contributed by atoms with van der Waals surface area (Å²) in [6, 6.07) is 15.0. The fourth-order valence-corrected chi connectivity index (χ4v) is 4.39. The Morgan fingerprint density at radius 1 is 0.944 bits per heavy atom. The van der Waals surface area contributed by atoms with Gasteiger partial charge in [0.1, 0.15) is 0 Å². The van der Waals surface area contributed by atoms with E-state index in [4.69, 9.17) is 9.47 Å². The van der Waals surface area contributed by atoms with Crippen LogP contribution >= 0.6 is 0 Å². The van der Waals surface area contributed by atoms with E-state index in [1.165, 1.54) is 26.2 Å². The number of ether oxygens (including phenoxy) is 2. The number of benzene rings is 3. The summed E-state index contributed by atoms with van der Waals surface area (Å²) in [5.41, 5.74) is 3.16. The first-order valence-corrected chi connectivity index (χ1v) is 11.1. The number of aryl methyl sites for hydroxylation is 1. The van der Waals surface area contributed by atoms with Crippen LogP contribution in [-0.4, -0.2) is 41.1 Å². The van der Waals surface area contributed by atoms with Crippen molar-refractivity contribution < 1.29 is 33.5 Å². The Morgan fingerprint density at radius 3 is 2.28 bits per heavy atom. The number of hydrogen-bond donors (Lipinski definition) is 0. The number of methoxy groups -OCH3 is 1. The number of carbonyl (C=O) groups excluding carboxylic acids is 4. The highest BCUT2D eigenvalue weighted by Crippen LogP contribution is 2.41. The number of esters is 1. The summed E-state index contributed by atoms with van der Waals surface area (Å²) in [6.45, 7) is 3.81. The van der Waals surface area contributed by atoms with E-state index in [1.807, 2.05) is 19.1 Å². The lowest BCUT2D eigenvalue weighted by atomic mass is 9.99. The number of carbonyl (C=O) groups is 4. The maximum atomic E-state index is 13.3. The lowest BCUT2D eigenvalue weighted by Crippen LogP contribution is -2.13. The number of fused-ring (bicyclic) bond motifs is 5. The van der Waals surface area contributed by atoms with Crippen LogP contribution in [0.1, 0.15) is 50.5 Å². The summed E-state index contributed by atoms with van der Waals surface area (Å²) < 4.78 is 12.5. The summed E-state index contributed by atoms with van der Waals surface area (Å²) in [7, 11) is 1.29. The van der Waals surface area contributed by atoms with E-state index >= 15 is 0 Å². The lowest BCUT2D eigenvalue weighted by molar-refractivity contribution is -0.141. The number of Topliss-reactive ketones (excluding diaryl/α,β-unsaturated/α-hetero) is 1. The average molecular weight is 484 g/mol. The van der Waals surface area contributed by atoms with Crippen LogP contribution in [0.5, 0.6) is 5.75 Å². The van der Waals surface area contributed by atoms with Gasteiger partial charge in [-0.3, -0.25) is 9.59 Å². The molecule has 2 heterocycles. The molecule has 9 nitrogen and oxygen atoms in total. The number of aromatic nitrogens is 1. The van der Waals surface area contributed by atoms with E-state index in [0.29, 0.717) is 39.9 Å². The van der Waals surface area contributed by atoms with Crippen LogP contribution in [0.2, 0.25) is 0 Å². The third-order valence-corrected chi connectivity index (χ3v) is 6.02. The Morgan fingerprint density at radius 2 is 1.61 bits per heavy atom. The van der Waals surface area contributed by atoms with E-state index in [1.54, 1.807) is 30.3 Å². The molecule has 0 atom stereocenters. The number of nitrogens with zero attached hydrogens (tertiary/aromatic N) is 2. The Kier molecular flexibility index (Phi) is 5.60. The highest BCUT2D eigenvalue weighted by atomic mass is 16.7. The molecule has 0 spiro atoms. The monoisotopic (exact) mass is 484 g/mol. The maximum Gasteiger partial charge on any atom is 0.337 e. The minimum Gasteiger partial charge on any atom is -0.465 e. The van der Waals surface area contributed by atoms with Crippen molar-refractivity contribution >= 4 is 51.2 Å². The smallest absolute Gasteiger partial charge is 0.337 e. The number of oxime groups is 1. The van der Waals surface area contributed by atoms with Crippen molar-refractivity contribution in [3.05, 3.63) is 76.9 Å². The first-order valence-electron chi connectivity index (χ1n) is 11.1. The van der Waals surface area contributed by atoms with Gasteiger partial charge in [-0.2, -0.15) is 0 Å². The van der Waals surface area contributed by atoms with Gasteiger partial charge in [0.05, 0.1) is 29.1 Å². The Labute approximate surface area is 204 Å². The van der Waals surface area contributed by atoms with E-state index in [9.17, 15) is 19.2 Å². The van der Waals surface area contributed by atoms with Gasteiger partial charge in [-0.1, -0.05) is 12.1 Å². The van der Waals surface area contributed by atoms with E-state index in [-0.39, 0.29) is 11.7 Å². The molecule has 0 unspecified atom stereocenters. The van der Waals surface area contributed by atoms with Crippen LogP contribution in [-0.2, 0) is 20.9 Å². The van der Waals surface area contributed by atoms with E-state index in [0.717, 1.165) is 16.4 Å². The Balaban J connectivity index is 1.64. The molecule has 0 amide bonds. The second-order valence-corrected chi connectivity index (χ2v) is 8.12. The molecule has 0 fully saturated rings. The van der Waals surface area contributed by atoms with Gasteiger partial charge in [0, 0.05) is 35.5 Å². The number of hydrogen-bond acceptors (Lipinski definition) is 8. The normalized spacial score (nSPS) is 13.6. The van der Waals surface area contributed by atoms with Crippen LogP contribution in [0.25, 0.3) is 21.8 Å². The number of rotatable bonds is 5. The molecule has 5 rings (SSSR count). The van der Waals surface area contributed by atoms with Crippen molar-refractivity contribution in [2.45, 2.75) is 20.4 Å². The Hall–Kier alpha value is -4.79. The fraction of sp³-hybridized carbons (Fsp3) is 0.148. The molecule has 0 aliphatic carbocycles. The zero-order chi connectivity index (χ0) is 25.6. The molecule has 180 valence electrons. The predicted octanol–water partition coefficient (Wildman–Crippen LogP) is 4.28.